The lowest BCUT2D eigenvalue weighted by molar-refractivity contribution is 0.0693. The van der Waals surface area contributed by atoms with Gasteiger partial charge in [-0.2, -0.15) is 0 Å². The van der Waals surface area contributed by atoms with Crippen LogP contribution in [-0.4, -0.2) is 17.8 Å². The zero-order valence-corrected chi connectivity index (χ0v) is 16.0. The van der Waals surface area contributed by atoms with Crippen molar-refractivity contribution in [2.24, 2.45) is 0 Å². The maximum absolute atomic E-state index is 6.11. The molecule has 0 bridgehead atoms. The number of anilines is 1. The van der Waals surface area contributed by atoms with E-state index in [4.69, 9.17) is 33.3 Å². The van der Waals surface area contributed by atoms with Gasteiger partial charge in [-0.05, 0) is 62.5 Å². The van der Waals surface area contributed by atoms with Gasteiger partial charge in [0.25, 0.3) is 0 Å². The van der Waals surface area contributed by atoms with E-state index in [1.807, 2.05) is 42.5 Å². The number of fused-ring (bicyclic) bond motifs is 1. The molecular weight excluding hydrogens is 356 g/mol. The molecule has 2 aromatic carbocycles. The van der Waals surface area contributed by atoms with Gasteiger partial charge in [0.05, 0.1) is 13.2 Å². The summed E-state index contributed by atoms with van der Waals surface area (Å²) in [6.45, 7) is 4.14. The molecule has 0 fully saturated rings. The zero-order valence-electron chi connectivity index (χ0n) is 14.4. The lowest BCUT2D eigenvalue weighted by Crippen LogP contribution is -2.42. The number of ether oxygens (including phenoxy) is 2. The number of thiocarbonyl (C=S) groups is 1. The van der Waals surface area contributed by atoms with E-state index < -0.39 is 0 Å². The molecule has 1 aliphatic heterocycles. The van der Waals surface area contributed by atoms with E-state index in [1.165, 1.54) is 0 Å². The Labute approximate surface area is 158 Å². The van der Waals surface area contributed by atoms with Crippen molar-refractivity contribution in [3.8, 4) is 11.5 Å². The third-order valence-corrected chi connectivity index (χ3v) is 4.56. The summed E-state index contributed by atoms with van der Waals surface area (Å²) in [6, 6.07) is 13.4. The van der Waals surface area contributed by atoms with Gasteiger partial charge >= 0.3 is 0 Å². The Morgan fingerprint density at radius 2 is 1.96 bits per heavy atom. The third-order valence-electron chi connectivity index (χ3n) is 4.09. The molecule has 1 atom stereocenters. The first-order valence-corrected chi connectivity index (χ1v) is 8.85. The maximum atomic E-state index is 6.11. The van der Waals surface area contributed by atoms with E-state index in [2.05, 4.69) is 24.5 Å². The van der Waals surface area contributed by atoms with Crippen LogP contribution in [0.15, 0.2) is 42.5 Å². The van der Waals surface area contributed by atoms with Gasteiger partial charge in [-0.3, -0.25) is 0 Å². The summed E-state index contributed by atoms with van der Waals surface area (Å²) >= 11 is 11.4. The summed E-state index contributed by atoms with van der Waals surface area (Å²) in [5.74, 6) is 1.60. The first-order chi connectivity index (χ1) is 11.9. The highest BCUT2D eigenvalue weighted by Crippen LogP contribution is 2.41. The van der Waals surface area contributed by atoms with Gasteiger partial charge in [-0.25, -0.2) is 0 Å². The molecule has 1 aliphatic rings. The monoisotopic (exact) mass is 376 g/mol. The number of nitrogens with one attached hydrogen (secondary N) is 2. The molecule has 0 amide bonds. The average molecular weight is 377 g/mol. The van der Waals surface area contributed by atoms with Crippen molar-refractivity contribution < 1.29 is 9.47 Å². The van der Waals surface area contributed by atoms with Crippen molar-refractivity contribution in [3.05, 3.63) is 53.1 Å². The summed E-state index contributed by atoms with van der Waals surface area (Å²) in [5.41, 5.74) is 1.66. The summed E-state index contributed by atoms with van der Waals surface area (Å²) in [7, 11) is 1.65. The Morgan fingerprint density at radius 1 is 1.24 bits per heavy atom. The Bertz CT molecular complexity index is 777. The SMILES string of the molecule is COc1ccc2c(c1)OC(C)(C)CC2NC(=S)Nc1ccc(Cl)cc1. The van der Waals surface area contributed by atoms with E-state index in [0.29, 0.717) is 10.1 Å². The maximum Gasteiger partial charge on any atom is 0.171 e. The lowest BCUT2D eigenvalue weighted by Gasteiger charge is -2.38. The second-order valence-corrected chi connectivity index (χ2v) is 7.47. The highest BCUT2D eigenvalue weighted by Gasteiger charge is 2.34. The summed E-state index contributed by atoms with van der Waals surface area (Å²) in [5, 5.41) is 7.85. The molecule has 6 heteroatoms. The predicted octanol–water partition coefficient (Wildman–Crippen LogP) is 4.94. The van der Waals surface area contributed by atoms with Gasteiger partial charge in [-0.15, -0.1) is 0 Å². The number of halogens is 1. The fraction of sp³-hybridized carbons (Fsp3) is 0.316. The molecule has 1 unspecified atom stereocenters. The number of rotatable bonds is 3. The first kappa shape index (κ1) is 17.8. The van der Waals surface area contributed by atoms with E-state index in [-0.39, 0.29) is 11.6 Å². The van der Waals surface area contributed by atoms with Gasteiger partial charge < -0.3 is 20.1 Å². The van der Waals surface area contributed by atoms with Crippen LogP contribution in [0.4, 0.5) is 5.69 Å². The molecule has 2 N–H and O–H groups in total. The molecular formula is C19H21ClN2O2S. The van der Waals surface area contributed by atoms with Crippen LogP contribution < -0.4 is 20.1 Å². The Balaban J connectivity index is 1.77. The fourth-order valence-corrected chi connectivity index (χ4v) is 3.33. The van der Waals surface area contributed by atoms with Crippen LogP contribution in [-0.2, 0) is 0 Å². The van der Waals surface area contributed by atoms with Gasteiger partial charge in [0.2, 0.25) is 0 Å². The minimum atomic E-state index is -0.299. The van der Waals surface area contributed by atoms with Crippen molar-refractivity contribution in [1.29, 1.82) is 0 Å². The predicted molar refractivity (Wildman–Crippen MR) is 106 cm³/mol. The van der Waals surface area contributed by atoms with Crippen LogP contribution in [0.5, 0.6) is 11.5 Å². The van der Waals surface area contributed by atoms with Gasteiger partial charge in [0.15, 0.2) is 5.11 Å². The lowest BCUT2D eigenvalue weighted by atomic mass is 9.89. The van der Waals surface area contributed by atoms with Gasteiger partial charge in [-0.1, -0.05) is 11.6 Å². The molecule has 0 spiro atoms. The average Bonchev–Trinajstić information content (AvgIpc) is 2.55. The summed E-state index contributed by atoms with van der Waals surface area (Å²) < 4.78 is 11.4. The Morgan fingerprint density at radius 3 is 2.64 bits per heavy atom. The topological polar surface area (TPSA) is 42.5 Å². The Kier molecular flexibility index (Phi) is 5.06. The van der Waals surface area contributed by atoms with E-state index in [0.717, 1.165) is 29.2 Å². The van der Waals surface area contributed by atoms with Crippen molar-refractivity contribution in [2.75, 3.05) is 12.4 Å². The van der Waals surface area contributed by atoms with Crippen LogP contribution in [0.1, 0.15) is 31.9 Å². The second kappa shape index (κ2) is 7.10. The number of methoxy groups -OCH3 is 1. The van der Waals surface area contributed by atoms with Crippen molar-refractivity contribution in [1.82, 2.24) is 5.32 Å². The largest absolute Gasteiger partial charge is 0.497 e. The molecule has 4 nitrogen and oxygen atoms in total. The second-order valence-electron chi connectivity index (χ2n) is 6.63. The molecule has 0 radical (unpaired) electrons. The Hall–Kier alpha value is -1.98. The molecule has 0 saturated carbocycles. The smallest absolute Gasteiger partial charge is 0.171 e. The van der Waals surface area contributed by atoms with Crippen LogP contribution in [0, 0.1) is 0 Å². The minimum absolute atomic E-state index is 0.0527. The molecule has 25 heavy (non-hydrogen) atoms. The number of hydrogen-bond acceptors (Lipinski definition) is 3. The summed E-state index contributed by atoms with van der Waals surface area (Å²) in [4.78, 5) is 0. The minimum Gasteiger partial charge on any atom is -0.497 e. The van der Waals surface area contributed by atoms with E-state index >= 15 is 0 Å². The quantitative estimate of drug-likeness (QED) is 0.743. The standard InChI is InChI=1S/C19H21ClN2O2S/c1-19(2)11-16(15-9-8-14(23-3)10-17(15)24-19)22-18(25)21-13-6-4-12(20)5-7-13/h4-10,16H,11H2,1-3H3,(H2,21,22,25). The molecule has 0 saturated heterocycles. The van der Waals surface area contributed by atoms with E-state index in [1.54, 1.807) is 7.11 Å². The van der Waals surface area contributed by atoms with Crippen LogP contribution >= 0.6 is 23.8 Å². The normalized spacial score (nSPS) is 17.8. The molecule has 1 heterocycles. The van der Waals surface area contributed by atoms with Crippen LogP contribution in [0.25, 0.3) is 0 Å². The van der Waals surface area contributed by atoms with Crippen molar-refractivity contribution in [2.45, 2.75) is 31.9 Å². The van der Waals surface area contributed by atoms with Crippen LogP contribution in [0.2, 0.25) is 5.02 Å². The van der Waals surface area contributed by atoms with Crippen LogP contribution in [0.3, 0.4) is 0 Å². The molecule has 132 valence electrons. The van der Waals surface area contributed by atoms with E-state index in [9.17, 15) is 0 Å². The zero-order chi connectivity index (χ0) is 18.0. The first-order valence-electron chi connectivity index (χ1n) is 8.06. The van der Waals surface area contributed by atoms with Gasteiger partial charge in [0.1, 0.15) is 17.1 Å². The highest BCUT2D eigenvalue weighted by atomic mass is 35.5. The fourth-order valence-electron chi connectivity index (χ4n) is 2.95. The highest BCUT2D eigenvalue weighted by molar-refractivity contribution is 7.80. The number of hydrogen-bond donors (Lipinski definition) is 2. The third kappa shape index (κ3) is 4.35. The van der Waals surface area contributed by atoms with Crippen molar-refractivity contribution in [3.63, 3.8) is 0 Å². The molecule has 3 rings (SSSR count). The molecule has 0 aliphatic carbocycles. The molecule has 2 aromatic rings. The van der Waals surface area contributed by atoms with Crippen molar-refractivity contribution >= 4 is 34.6 Å². The number of benzene rings is 2. The van der Waals surface area contributed by atoms with Gasteiger partial charge in [0, 0.05) is 28.8 Å². The summed E-state index contributed by atoms with van der Waals surface area (Å²) in [6.07, 6.45) is 0.800. The molecule has 0 aromatic heterocycles.